The Morgan fingerprint density at radius 2 is 1.64 bits per heavy atom. The largest absolute Gasteiger partial charge is 0.147 e. The lowest BCUT2D eigenvalue weighted by Crippen LogP contribution is -2.14. The molecule has 0 saturated heterocycles. The van der Waals surface area contributed by atoms with E-state index in [1.165, 1.54) is 43.1 Å². The molecule has 0 atom stereocenters. The molecule has 2 aliphatic rings. The first-order valence-electron chi connectivity index (χ1n) is 7.44. The molecule has 0 nitrogen and oxygen atoms in total. The van der Waals surface area contributed by atoms with Crippen LogP contribution in [0.3, 0.4) is 0 Å². The normalized spacial score (nSPS) is 14.2. The highest BCUT2D eigenvalue weighted by molar-refractivity contribution is 6.10. The van der Waals surface area contributed by atoms with Gasteiger partial charge in [0.2, 0.25) is 0 Å². The van der Waals surface area contributed by atoms with E-state index in [4.69, 9.17) is 0 Å². The number of fused-ring (bicyclic) bond motifs is 7. The zero-order chi connectivity index (χ0) is 13.8. The smallest absolute Gasteiger partial charge is 0.00820 e. The topological polar surface area (TPSA) is 0 Å². The van der Waals surface area contributed by atoms with E-state index < -0.39 is 0 Å². The van der Waals surface area contributed by atoms with Crippen LogP contribution in [-0.2, 0) is 6.42 Å². The van der Waals surface area contributed by atoms with Gasteiger partial charge in [-0.3, -0.25) is 0 Å². The van der Waals surface area contributed by atoms with E-state index in [1.54, 1.807) is 0 Å². The highest BCUT2D eigenvalue weighted by Crippen LogP contribution is 2.27. The van der Waals surface area contributed by atoms with Gasteiger partial charge in [0.25, 0.3) is 0 Å². The number of benzene rings is 3. The van der Waals surface area contributed by atoms with E-state index in [1.807, 2.05) is 0 Å². The maximum atomic E-state index is 2.36. The van der Waals surface area contributed by atoms with Crippen LogP contribution in [-0.4, -0.2) is 0 Å². The molecule has 0 saturated carbocycles. The molecule has 0 N–H and O–H groups in total. The molecule has 0 spiro atoms. The number of hydrogen-bond acceptors (Lipinski definition) is 0. The van der Waals surface area contributed by atoms with Crippen LogP contribution in [0.4, 0.5) is 0 Å². The first-order chi connectivity index (χ1) is 10.4. The molecule has 0 aliphatic heterocycles. The summed E-state index contributed by atoms with van der Waals surface area (Å²) in [5.74, 6) is 0. The lowest BCUT2D eigenvalue weighted by Gasteiger charge is -2.14. The van der Waals surface area contributed by atoms with Gasteiger partial charge in [-0.15, -0.1) is 12.4 Å². The van der Waals surface area contributed by atoms with Gasteiger partial charge in [-0.2, -0.15) is 0 Å². The first kappa shape index (κ1) is 13.4. The van der Waals surface area contributed by atoms with Gasteiger partial charge in [0, 0.05) is 0 Å². The van der Waals surface area contributed by atoms with E-state index in [9.17, 15) is 0 Å². The number of rotatable bonds is 0. The second-order valence-electron chi connectivity index (χ2n) is 5.79. The molecule has 0 aromatic heterocycles. The summed E-state index contributed by atoms with van der Waals surface area (Å²) in [6, 6.07) is 13.5. The zero-order valence-electron chi connectivity index (χ0n) is 12.0. The third-order valence-corrected chi connectivity index (χ3v) is 4.65. The quantitative estimate of drug-likeness (QED) is 0.548. The highest BCUT2D eigenvalue weighted by Gasteiger charge is 2.12. The summed E-state index contributed by atoms with van der Waals surface area (Å²) < 4.78 is 0. The Labute approximate surface area is 135 Å². The minimum atomic E-state index is 0. The minimum absolute atomic E-state index is 0. The van der Waals surface area contributed by atoms with E-state index in [0.29, 0.717) is 0 Å². The number of hydrogen-bond donors (Lipinski definition) is 0. The van der Waals surface area contributed by atoms with E-state index in [0.717, 1.165) is 6.42 Å². The molecule has 2 aliphatic carbocycles. The summed E-state index contributed by atoms with van der Waals surface area (Å²) in [4.78, 5) is 0. The molecule has 0 fully saturated rings. The summed E-state index contributed by atoms with van der Waals surface area (Å²) in [7, 11) is 0. The predicted molar refractivity (Wildman–Crippen MR) is 98.8 cm³/mol. The van der Waals surface area contributed by atoms with Crippen molar-refractivity contribution >= 4 is 52.2 Å². The van der Waals surface area contributed by atoms with E-state index >= 15 is 0 Å². The Kier molecular flexibility index (Phi) is 2.95. The zero-order valence-corrected chi connectivity index (χ0v) is 12.9. The molecule has 0 bridgehead atoms. The third kappa shape index (κ3) is 1.71. The first-order valence-corrected chi connectivity index (χ1v) is 7.44. The highest BCUT2D eigenvalue weighted by atomic mass is 35.5. The van der Waals surface area contributed by atoms with Crippen molar-refractivity contribution in [1.29, 1.82) is 0 Å². The fraction of sp³-hybridized carbons (Fsp3) is 0.0476. The van der Waals surface area contributed by atoms with Crippen molar-refractivity contribution in [3.8, 4) is 0 Å². The van der Waals surface area contributed by atoms with Crippen LogP contribution in [0.5, 0.6) is 0 Å². The maximum Gasteiger partial charge on any atom is -0.00820 e. The van der Waals surface area contributed by atoms with Gasteiger partial charge in [0.05, 0.1) is 0 Å². The lowest BCUT2D eigenvalue weighted by molar-refractivity contribution is 1.27. The second kappa shape index (κ2) is 4.86. The molecule has 3 aromatic carbocycles. The van der Waals surface area contributed by atoms with Gasteiger partial charge in [0.1, 0.15) is 0 Å². The fourth-order valence-corrected chi connectivity index (χ4v) is 3.67. The van der Waals surface area contributed by atoms with Crippen molar-refractivity contribution in [3.05, 3.63) is 76.2 Å². The van der Waals surface area contributed by atoms with Gasteiger partial charge >= 0.3 is 0 Å². The lowest BCUT2D eigenvalue weighted by atomic mass is 9.90. The molecule has 3 aromatic rings. The second-order valence-corrected chi connectivity index (χ2v) is 5.79. The van der Waals surface area contributed by atoms with Crippen LogP contribution >= 0.6 is 12.4 Å². The summed E-state index contributed by atoms with van der Waals surface area (Å²) >= 11 is 0. The molecule has 5 rings (SSSR count). The van der Waals surface area contributed by atoms with Crippen molar-refractivity contribution in [2.24, 2.45) is 0 Å². The van der Waals surface area contributed by atoms with Crippen LogP contribution in [0, 0.1) is 0 Å². The van der Waals surface area contributed by atoms with Gasteiger partial charge in [-0.1, -0.05) is 60.7 Å². The van der Waals surface area contributed by atoms with Gasteiger partial charge in [-0.05, 0) is 61.7 Å². The van der Waals surface area contributed by atoms with Gasteiger partial charge < -0.3 is 0 Å². The molecule has 22 heavy (non-hydrogen) atoms. The van der Waals surface area contributed by atoms with Crippen molar-refractivity contribution in [3.63, 3.8) is 0 Å². The summed E-state index contributed by atoms with van der Waals surface area (Å²) in [5, 5.41) is 8.25. The van der Waals surface area contributed by atoms with Gasteiger partial charge in [-0.25, -0.2) is 0 Å². The average molecular weight is 303 g/mol. The summed E-state index contributed by atoms with van der Waals surface area (Å²) in [6.07, 6.45) is 14.3. The maximum absolute atomic E-state index is 2.36. The van der Waals surface area contributed by atoms with E-state index in [-0.39, 0.29) is 12.4 Å². The Morgan fingerprint density at radius 3 is 2.55 bits per heavy atom. The monoisotopic (exact) mass is 302 g/mol. The molecule has 0 amide bonds. The summed E-state index contributed by atoms with van der Waals surface area (Å²) in [6.45, 7) is 0. The SMILES string of the molecule is C1=CCc2c(c3ccccc3c3cc4c(cc23)C=CC=4)=C1.Cl. The van der Waals surface area contributed by atoms with Crippen molar-refractivity contribution in [2.45, 2.75) is 6.42 Å². The van der Waals surface area contributed by atoms with Crippen LogP contribution in [0.1, 0.15) is 11.1 Å². The third-order valence-electron chi connectivity index (χ3n) is 4.65. The molecule has 0 unspecified atom stereocenters. The predicted octanol–water partition coefficient (Wildman–Crippen LogP) is 4.11. The Hall–Kier alpha value is -2.31. The average Bonchev–Trinajstić information content (AvgIpc) is 3.01. The summed E-state index contributed by atoms with van der Waals surface area (Å²) in [5.41, 5.74) is 2.81. The molecular formula is C21H15Cl. The molecule has 106 valence electrons. The van der Waals surface area contributed by atoms with Crippen LogP contribution < -0.4 is 10.4 Å². The molecule has 0 heterocycles. The van der Waals surface area contributed by atoms with E-state index in [2.05, 4.69) is 72.9 Å². The van der Waals surface area contributed by atoms with Crippen LogP contribution in [0.15, 0.2) is 54.6 Å². The van der Waals surface area contributed by atoms with Gasteiger partial charge in [0.15, 0.2) is 0 Å². The molecule has 1 heteroatoms. The van der Waals surface area contributed by atoms with Crippen molar-refractivity contribution in [1.82, 2.24) is 0 Å². The van der Waals surface area contributed by atoms with Crippen LogP contribution in [0.25, 0.3) is 39.8 Å². The number of halogens is 1. The molecule has 0 radical (unpaired) electrons. The molecular weight excluding hydrogens is 288 g/mol. The number of allylic oxidation sites excluding steroid dienone is 3. The van der Waals surface area contributed by atoms with Crippen molar-refractivity contribution in [2.75, 3.05) is 0 Å². The van der Waals surface area contributed by atoms with Crippen LogP contribution in [0.2, 0.25) is 0 Å². The standard InChI is InChI=1S/C21H14.ClH/c1-3-10-18-16(8-1)17-9-2-4-11-19(17)21-13-15-7-5-6-14(15)12-20(18)21;/h1-10,12-13H,11H2;1H. The Balaban J connectivity index is 0.00000125. The fourth-order valence-electron chi connectivity index (χ4n) is 3.67. The Bertz CT molecular complexity index is 1100. The minimum Gasteiger partial charge on any atom is -0.147 e. The van der Waals surface area contributed by atoms with Crippen molar-refractivity contribution < 1.29 is 0 Å². The Morgan fingerprint density at radius 1 is 0.773 bits per heavy atom.